The molecule has 0 aliphatic carbocycles. The lowest BCUT2D eigenvalue weighted by Crippen LogP contribution is -2.22. The van der Waals surface area contributed by atoms with Crippen molar-refractivity contribution in [2.45, 2.75) is 25.9 Å². The van der Waals surface area contributed by atoms with E-state index in [-0.39, 0.29) is 5.82 Å². The van der Waals surface area contributed by atoms with Crippen LogP contribution in [-0.2, 0) is 25.9 Å². The molecule has 0 saturated carbocycles. The number of halogens is 2. The van der Waals surface area contributed by atoms with E-state index in [2.05, 4.69) is 19.4 Å². The third kappa shape index (κ3) is 5.50. The fourth-order valence-electron chi connectivity index (χ4n) is 4.18. The van der Waals surface area contributed by atoms with Gasteiger partial charge in [0.15, 0.2) is 4.77 Å². The number of fused-ring (bicyclic) bond motifs is 1. The van der Waals surface area contributed by atoms with Crippen molar-refractivity contribution in [1.29, 1.82) is 0 Å². The van der Waals surface area contributed by atoms with E-state index in [4.69, 9.17) is 28.9 Å². The van der Waals surface area contributed by atoms with E-state index < -0.39 is 0 Å². The molecule has 0 bridgehead atoms. The minimum Gasteiger partial charge on any atom is -0.374 e. The summed E-state index contributed by atoms with van der Waals surface area (Å²) in [5, 5.41) is 5.59. The second-order valence-electron chi connectivity index (χ2n) is 8.73. The highest BCUT2D eigenvalue weighted by molar-refractivity contribution is 7.71. The van der Waals surface area contributed by atoms with Crippen LogP contribution in [-0.4, -0.2) is 37.9 Å². The van der Waals surface area contributed by atoms with Crippen LogP contribution in [0.15, 0.2) is 72.8 Å². The number of imidazole rings is 1. The van der Waals surface area contributed by atoms with Gasteiger partial charge in [-0.25, -0.2) is 14.1 Å². The number of H-pyrrole nitrogens is 1. The number of nitrogens with one attached hydrogen (secondary N) is 1. The molecule has 0 spiro atoms. The van der Waals surface area contributed by atoms with E-state index >= 15 is 0 Å². The molecule has 184 valence electrons. The Labute approximate surface area is 219 Å². The average molecular weight is 521 g/mol. The third-order valence-corrected chi connectivity index (χ3v) is 6.87. The number of benzene rings is 3. The molecule has 0 aliphatic rings. The number of nitrogens with zero attached hydrogens (tertiary/aromatic N) is 5. The van der Waals surface area contributed by atoms with Crippen molar-refractivity contribution in [2.24, 2.45) is 0 Å². The summed E-state index contributed by atoms with van der Waals surface area (Å²) in [6.07, 6.45) is 1.37. The maximum atomic E-state index is 13.3. The first-order chi connectivity index (χ1) is 17.5. The molecule has 0 aliphatic heterocycles. The second-order valence-corrected chi connectivity index (χ2v) is 9.53. The number of hydrogen-bond acceptors (Lipinski definition) is 4. The van der Waals surface area contributed by atoms with Crippen LogP contribution in [0, 0.1) is 10.6 Å². The van der Waals surface area contributed by atoms with E-state index in [1.54, 1.807) is 12.1 Å². The van der Waals surface area contributed by atoms with Crippen molar-refractivity contribution in [1.82, 2.24) is 24.3 Å². The molecule has 0 saturated heterocycles. The van der Waals surface area contributed by atoms with Gasteiger partial charge in [0.2, 0.25) is 0 Å². The Morgan fingerprint density at radius 1 is 1.00 bits per heavy atom. The zero-order valence-electron chi connectivity index (χ0n) is 19.9. The summed E-state index contributed by atoms with van der Waals surface area (Å²) >= 11 is 11.9. The van der Waals surface area contributed by atoms with E-state index in [1.165, 1.54) is 12.1 Å². The van der Waals surface area contributed by atoms with Crippen LogP contribution in [0.25, 0.3) is 11.0 Å². The number of aromatic amines is 1. The zero-order chi connectivity index (χ0) is 25.1. The molecule has 3 aromatic carbocycles. The van der Waals surface area contributed by atoms with Crippen molar-refractivity contribution >= 4 is 40.5 Å². The van der Waals surface area contributed by atoms with Gasteiger partial charge in [-0.2, -0.15) is 5.10 Å². The molecule has 2 heterocycles. The van der Waals surface area contributed by atoms with E-state index in [0.717, 1.165) is 33.9 Å². The first kappa shape index (κ1) is 24.2. The molecule has 0 amide bonds. The fourth-order valence-corrected chi connectivity index (χ4v) is 4.60. The van der Waals surface area contributed by atoms with Gasteiger partial charge in [-0.15, -0.1) is 0 Å². The molecule has 2 aromatic heterocycles. The smallest absolute Gasteiger partial charge is 0.198 e. The first-order valence-corrected chi connectivity index (χ1v) is 12.6. The Morgan fingerprint density at radius 2 is 1.75 bits per heavy atom. The van der Waals surface area contributed by atoms with Crippen LogP contribution in [0.3, 0.4) is 0 Å². The normalized spacial score (nSPS) is 11.3. The van der Waals surface area contributed by atoms with Crippen molar-refractivity contribution in [3.8, 4) is 0 Å². The van der Waals surface area contributed by atoms with Crippen LogP contribution < -0.4 is 4.90 Å². The van der Waals surface area contributed by atoms with Gasteiger partial charge in [0, 0.05) is 37.1 Å². The predicted molar refractivity (Wildman–Crippen MR) is 145 cm³/mol. The molecule has 1 N–H and O–H groups in total. The third-order valence-electron chi connectivity index (χ3n) is 6.19. The Bertz CT molecular complexity index is 1490. The monoisotopic (exact) mass is 520 g/mol. The highest BCUT2D eigenvalue weighted by Gasteiger charge is 2.14. The van der Waals surface area contributed by atoms with Gasteiger partial charge in [0.1, 0.15) is 17.5 Å². The van der Waals surface area contributed by atoms with Crippen molar-refractivity contribution in [3.05, 3.63) is 106 Å². The molecule has 5 rings (SSSR count). The lowest BCUT2D eigenvalue weighted by Gasteiger charge is -2.19. The van der Waals surface area contributed by atoms with Crippen LogP contribution >= 0.6 is 23.8 Å². The maximum absolute atomic E-state index is 13.3. The quantitative estimate of drug-likeness (QED) is 0.240. The summed E-state index contributed by atoms with van der Waals surface area (Å²) in [6.45, 7) is 1.94. The highest BCUT2D eigenvalue weighted by atomic mass is 35.5. The summed E-state index contributed by atoms with van der Waals surface area (Å²) in [4.78, 5) is 10.1. The molecular weight excluding hydrogens is 495 g/mol. The number of para-hydroxylation sites is 2. The Kier molecular flexibility index (Phi) is 7.16. The topological polar surface area (TPSA) is 54.7 Å². The molecule has 9 heteroatoms. The van der Waals surface area contributed by atoms with Crippen LogP contribution in [0.1, 0.15) is 17.2 Å². The minimum absolute atomic E-state index is 0.244. The van der Waals surface area contributed by atoms with Crippen LogP contribution in [0.4, 0.5) is 10.1 Å². The van der Waals surface area contributed by atoms with Gasteiger partial charge >= 0.3 is 0 Å². The summed E-state index contributed by atoms with van der Waals surface area (Å²) in [7, 11) is 1.99. The lowest BCUT2D eigenvalue weighted by atomic mass is 10.2. The summed E-state index contributed by atoms with van der Waals surface area (Å²) in [6, 6.07) is 22.3. The number of rotatable bonds is 9. The van der Waals surface area contributed by atoms with Gasteiger partial charge in [-0.1, -0.05) is 35.9 Å². The SMILES string of the molecule is CN(CCc1nn(CCc2nc3ccccc3[nH]2)c(=S)n1Cc1ccc(Cl)cc1)c1ccc(F)cc1. The van der Waals surface area contributed by atoms with Gasteiger partial charge in [0.05, 0.1) is 24.1 Å². The van der Waals surface area contributed by atoms with E-state index in [0.29, 0.717) is 42.3 Å². The van der Waals surface area contributed by atoms with E-state index in [1.807, 2.05) is 60.3 Å². The number of hydrogen-bond donors (Lipinski definition) is 1. The number of aryl methyl sites for hydroxylation is 2. The number of likely N-dealkylation sites (N-methyl/N-ethyl adjacent to an activating group) is 1. The Hall–Kier alpha value is -3.49. The summed E-state index contributed by atoms with van der Waals surface area (Å²) in [5.41, 5.74) is 4.02. The molecule has 0 radical (unpaired) electrons. The fraction of sp³-hybridized carbons (Fsp3) is 0.222. The zero-order valence-corrected chi connectivity index (χ0v) is 21.4. The van der Waals surface area contributed by atoms with Gasteiger partial charge in [-0.3, -0.25) is 4.57 Å². The summed E-state index contributed by atoms with van der Waals surface area (Å²) < 4.78 is 18.0. The molecular formula is C27H26ClFN6S. The minimum atomic E-state index is -0.244. The Balaban J connectivity index is 1.37. The Morgan fingerprint density at radius 3 is 2.50 bits per heavy atom. The predicted octanol–water partition coefficient (Wildman–Crippen LogP) is 6.05. The first-order valence-electron chi connectivity index (χ1n) is 11.8. The molecule has 6 nitrogen and oxygen atoms in total. The molecule has 5 aromatic rings. The maximum Gasteiger partial charge on any atom is 0.198 e. The van der Waals surface area contributed by atoms with Crippen LogP contribution in [0.2, 0.25) is 5.02 Å². The molecule has 36 heavy (non-hydrogen) atoms. The lowest BCUT2D eigenvalue weighted by molar-refractivity contribution is 0.584. The number of anilines is 1. The summed E-state index contributed by atoms with van der Waals surface area (Å²) in [5.74, 6) is 1.56. The van der Waals surface area contributed by atoms with Crippen molar-refractivity contribution < 1.29 is 4.39 Å². The molecule has 0 unspecified atom stereocenters. The average Bonchev–Trinajstić information content (AvgIpc) is 3.43. The molecule has 0 fully saturated rings. The number of aromatic nitrogens is 5. The molecule has 0 atom stereocenters. The van der Waals surface area contributed by atoms with Gasteiger partial charge in [-0.05, 0) is 66.3 Å². The second kappa shape index (κ2) is 10.6. The van der Waals surface area contributed by atoms with Crippen molar-refractivity contribution in [3.63, 3.8) is 0 Å². The highest BCUT2D eigenvalue weighted by Crippen LogP contribution is 2.17. The van der Waals surface area contributed by atoms with Crippen molar-refractivity contribution in [2.75, 3.05) is 18.5 Å². The largest absolute Gasteiger partial charge is 0.374 e. The van der Waals surface area contributed by atoms with Gasteiger partial charge in [0.25, 0.3) is 0 Å². The van der Waals surface area contributed by atoms with Crippen LogP contribution in [0.5, 0.6) is 0 Å². The van der Waals surface area contributed by atoms with Gasteiger partial charge < -0.3 is 9.88 Å². The van der Waals surface area contributed by atoms with E-state index in [9.17, 15) is 4.39 Å². The standard InChI is InChI=1S/C27H26ClFN6S/c1-33(22-12-10-21(29)11-13-22)16-15-26-32-35(17-14-25-30-23-4-2-3-5-24(23)31-25)27(36)34(26)18-19-6-8-20(28)9-7-19/h2-13H,14-18H2,1H3,(H,30,31).